The number of amides is 1. The number of benzene rings is 2. The minimum absolute atomic E-state index is 0.198. The van der Waals surface area contributed by atoms with Gasteiger partial charge in [-0.05, 0) is 51.1 Å². The summed E-state index contributed by atoms with van der Waals surface area (Å²) in [6, 6.07) is 12.9. The Bertz CT molecular complexity index is 919. The summed E-state index contributed by atoms with van der Waals surface area (Å²) in [7, 11) is 0. The molecule has 6 heteroatoms. The van der Waals surface area contributed by atoms with E-state index in [9.17, 15) is 4.79 Å². The van der Waals surface area contributed by atoms with E-state index in [4.69, 9.17) is 9.47 Å². The fourth-order valence-electron chi connectivity index (χ4n) is 2.62. The average molecular weight is 382 g/mol. The van der Waals surface area contributed by atoms with E-state index in [1.165, 1.54) is 0 Å². The number of thiazole rings is 1. The van der Waals surface area contributed by atoms with Crippen LogP contribution in [0.2, 0.25) is 0 Å². The van der Waals surface area contributed by atoms with Gasteiger partial charge in [0.2, 0.25) is 0 Å². The highest BCUT2D eigenvalue weighted by molar-refractivity contribution is 7.09. The summed E-state index contributed by atoms with van der Waals surface area (Å²) in [6.07, 6.45) is 0. The van der Waals surface area contributed by atoms with Crippen molar-refractivity contribution in [1.29, 1.82) is 0 Å². The Labute approximate surface area is 163 Å². The monoisotopic (exact) mass is 382 g/mol. The number of anilines is 1. The molecule has 0 radical (unpaired) electrons. The molecule has 140 valence electrons. The van der Waals surface area contributed by atoms with Gasteiger partial charge in [-0.3, -0.25) is 4.79 Å². The first-order chi connectivity index (χ1) is 13.1. The fourth-order valence-corrected chi connectivity index (χ4v) is 3.24. The van der Waals surface area contributed by atoms with E-state index in [0.29, 0.717) is 30.3 Å². The van der Waals surface area contributed by atoms with Crippen LogP contribution >= 0.6 is 11.3 Å². The van der Waals surface area contributed by atoms with Crippen LogP contribution in [0.25, 0.3) is 11.3 Å². The molecule has 3 aromatic rings. The Kier molecular flexibility index (Phi) is 6.08. The van der Waals surface area contributed by atoms with E-state index in [-0.39, 0.29) is 5.91 Å². The first-order valence-corrected chi connectivity index (χ1v) is 9.72. The van der Waals surface area contributed by atoms with Crippen molar-refractivity contribution in [3.63, 3.8) is 0 Å². The summed E-state index contributed by atoms with van der Waals surface area (Å²) in [5.41, 5.74) is 3.21. The highest BCUT2D eigenvalue weighted by Gasteiger charge is 2.12. The Balaban J connectivity index is 1.73. The molecule has 0 aliphatic heterocycles. The lowest BCUT2D eigenvalue weighted by atomic mass is 10.1. The summed E-state index contributed by atoms with van der Waals surface area (Å²) in [4.78, 5) is 17.1. The Hall–Kier alpha value is -2.86. The molecule has 0 aliphatic carbocycles. The van der Waals surface area contributed by atoms with Crippen LogP contribution < -0.4 is 14.8 Å². The van der Waals surface area contributed by atoms with Gasteiger partial charge in [0.15, 0.2) is 11.5 Å². The fraction of sp³-hybridized carbons (Fsp3) is 0.238. The van der Waals surface area contributed by atoms with E-state index in [1.54, 1.807) is 29.5 Å². The van der Waals surface area contributed by atoms with Gasteiger partial charge in [-0.1, -0.05) is 12.1 Å². The van der Waals surface area contributed by atoms with Crippen LogP contribution in [0.15, 0.2) is 47.8 Å². The van der Waals surface area contributed by atoms with Gasteiger partial charge in [0, 0.05) is 22.2 Å². The summed E-state index contributed by atoms with van der Waals surface area (Å²) < 4.78 is 11.1. The number of ether oxygens (including phenoxy) is 2. The van der Waals surface area contributed by atoms with E-state index in [2.05, 4.69) is 10.3 Å². The van der Waals surface area contributed by atoms with Gasteiger partial charge in [0.1, 0.15) is 0 Å². The van der Waals surface area contributed by atoms with Crippen LogP contribution in [0.5, 0.6) is 11.5 Å². The van der Waals surface area contributed by atoms with Gasteiger partial charge in [-0.2, -0.15) is 0 Å². The number of nitrogens with zero attached hydrogens (tertiary/aromatic N) is 1. The molecule has 0 bridgehead atoms. The molecule has 1 heterocycles. The third kappa shape index (κ3) is 4.65. The molecule has 1 aromatic heterocycles. The predicted octanol–water partition coefficient (Wildman–Crippen LogP) is 5.17. The Morgan fingerprint density at radius 1 is 1.04 bits per heavy atom. The summed E-state index contributed by atoms with van der Waals surface area (Å²) in [5.74, 6) is 1.01. The largest absolute Gasteiger partial charge is 0.490 e. The second-order valence-electron chi connectivity index (χ2n) is 5.81. The summed E-state index contributed by atoms with van der Waals surface area (Å²) in [5, 5.41) is 5.97. The van der Waals surface area contributed by atoms with Gasteiger partial charge in [0.25, 0.3) is 5.91 Å². The number of hydrogen-bond acceptors (Lipinski definition) is 5. The average Bonchev–Trinajstić information content (AvgIpc) is 3.10. The van der Waals surface area contributed by atoms with Crippen LogP contribution in [-0.4, -0.2) is 24.1 Å². The number of rotatable bonds is 7. The van der Waals surface area contributed by atoms with Crippen molar-refractivity contribution < 1.29 is 14.3 Å². The van der Waals surface area contributed by atoms with Gasteiger partial charge in [-0.15, -0.1) is 11.3 Å². The molecular formula is C21H22N2O3S. The minimum atomic E-state index is -0.198. The molecule has 0 saturated heterocycles. The molecule has 3 rings (SSSR count). The van der Waals surface area contributed by atoms with Crippen molar-refractivity contribution in [2.24, 2.45) is 0 Å². The SMILES string of the molecule is CCOc1ccc(C(=O)Nc2ccc(-c3csc(C)n3)cc2)cc1OCC. The van der Waals surface area contributed by atoms with Crippen molar-refractivity contribution in [3.8, 4) is 22.8 Å². The Morgan fingerprint density at radius 3 is 2.37 bits per heavy atom. The van der Waals surface area contributed by atoms with Gasteiger partial charge in [0.05, 0.1) is 23.9 Å². The van der Waals surface area contributed by atoms with Crippen LogP contribution in [0.4, 0.5) is 5.69 Å². The van der Waals surface area contributed by atoms with Crippen LogP contribution in [-0.2, 0) is 0 Å². The van der Waals surface area contributed by atoms with Gasteiger partial charge < -0.3 is 14.8 Å². The molecule has 2 aromatic carbocycles. The standard InChI is InChI=1S/C21H22N2O3S/c1-4-25-19-11-8-16(12-20(19)26-5-2)21(24)23-17-9-6-15(7-10-17)18-13-27-14(3)22-18/h6-13H,4-5H2,1-3H3,(H,23,24). The number of aromatic nitrogens is 1. The molecule has 0 aliphatic rings. The number of carbonyl (C=O) groups excluding carboxylic acids is 1. The zero-order chi connectivity index (χ0) is 19.2. The molecule has 0 fully saturated rings. The van der Waals surface area contributed by atoms with Crippen molar-refractivity contribution in [2.45, 2.75) is 20.8 Å². The van der Waals surface area contributed by atoms with Gasteiger partial charge in [-0.25, -0.2) is 4.98 Å². The molecule has 1 amide bonds. The first-order valence-electron chi connectivity index (χ1n) is 8.84. The number of carbonyl (C=O) groups is 1. The van der Waals surface area contributed by atoms with E-state index < -0.39 is 0 Å². The first kappa shape index (κ1) is 18.9. The topological polar surface area (TPSA) is 60.5 Å². The second-order valence-corrected chi connectivity index (χ2v) is 6.87. The highest BCUT2D eigenvalue weighted by Crippen LogP contribution is 2.29. The maximum Gasteiger partial charge on any atom is 0.255 e. The molecule has 5 nitrogen and oxygen atoms in total. The third-order valence-electron chi connectivity index (χ3n) is 3.86. The van der Waals surface area contributed by atoms with Crippen molar-refractivity contribution >= 4 is 22.9 Å². The van der Waals surface area contributed by atoms with Crippen LogP contribution in [0.1, 0.15) is 29.2 Å². The lowest BCUT2D eigenvalue weighted by Gasteiger charge is -2.12. The number of nitrogens with one attached hydrogen (secondary N) is 1. The van der Waals surface area contributed by atoms with Crippen LogP contribution in [0, 0.1) is 6.92 Å². The smallest absolute Gasteiger partial charge is 0.255 e. The lowest BCUT2D eigenvalue weighted by Crippen LogP contribution is -2.12. The number of aryl methyl sites for hydroxylation is 1. The quantitative estimate of drug-likeness (QED) is 0.612. The molecule has 0 saturated carbocycles. The zero-order valence-corrected chi connectivity index (χ0v) is 16.4. The number of hydrogen-bond donors (Lipinski definition) is 1. The molecule has 0 unspecified atom stereocenters. The minimum Gasteiger partial charge on any atom is -0.490 e. The molecule has 0 spiro atoms. The third-order valence-corrected chi connectivity index (χ3v) is 4.64. The molecule has 0 atom stereocenters. The lowest BCUT2D eigenvalue weighted by molar-refractivity contribution is 0.102. The van der Waals surface area contributed by atoms with Crippen molar-refractivity contribution in [1.82, 2.24) is 4.98 Å². The Morgan fingerprint density at radius 2 is 1.74 bits per heavy atom. The summed E-state index contributed by atoms with van der Waals surface area (Å²) in [6.45, 7) is 6.83. The second kappa shape index (κ2) is 8.68. The van der Waals surface area contributed by atoms with Gasteiger partial charge >= 0.3 is 0 Å². The van der Waals surface area contributed by atoms with E-state index in [0.717, 1.165) is 22.0 Å². The predicted molar refractivity (Wildman–Crippen MR) is 109 cm³/mol. The van der Waals surface area contributed by atoms with E-state index in [1.807, 2.05) is 50.4 Å². The van der Waals surface area contributed by atoms with E-state index >= 15 is 0 Å². The van der Waals surface area contributed by atoms with Crippen molar-refractivity contribution in [2.75, 3.05) is 18.5 Å². The zero-order valence-electron chi connectivity index (χ0n) is 15.6. The summed E-state index contributed by atoms with van der Waals surface area (Å²) >= 11 is 1.62. The molecule has 1 N–H and O–H groups in total. The normalized spacial score (nSPS) is 10.5. The van der Waals surface area contributed by atoms with Crippen LogP contribution in [0.3, 0.4) is 0 Å². The maximum absolute atomic E-state index is 12.6. The maximum atomic E-state index is 12.6. The van der Waals surface area contributed by atoms with Crippen molar-refractivity contribution in [3.05, 3.63) is 58.4 Å². The highest BCUT2D eigenvalue weighted by atomic mass is 32.1. The molecule has 27 heavy (non-hydrogen) atoms. The molecular weight excluding hydrogens is 360 g/mol.